The molecule has 2 aromatic heterocycles. The summed E-state index contributed by atoms with van der Waals surface area (Å²) in [5, 5.41) is 5.77. The van der Waals surface area contributed by atoms with Gasteiger partial charge in [-0.1, -0.05) is 36.8 Å². The average molecular weight is 404 g/mol. The van der Waals surface area contributed by atoms with Gasteiger partial charge in [0.2, 0.25) is 5.91 Å². The number of anilines is 1. The van der Waals surface area contributed by atoms with Crippen LogP contribution >= 0.6 is 11.3 Å². The van der Waals surface area contributed by atoms with Gasteiger partial charge in [0, 0.05) is 17.5 Å². The molecule has 6 nitrogen and oxygen atoms in total. The molecule has 29 heavy (non-hydrogen) atoms. The fraction of sp³-hybridized carbons (Fsp3) is 0.182. The highest BCUT2D eigenvalue weighted by Gasteiger charge is 2.15. The number of thiazole rings is 1. The summed E-state index contributed by atoms with van der Waals surface area (Å²) in [4.78, 5) is 34.5. The molecule has 0 atom stereocenters. The third-order valence-corrected chi connectivity index (χ3v) is 5.44. The molecule has 0 bridgehead atoms. The summed E-state index contributed by atoms with van der Waals surface area (Å²) < 4.78 is 1.55. The molecule has 0 radical (unpaired) electrons. The van der Waals surface area contributed by atoms with E-state index in [0.717, 1.165) is 11.3 Å². The second-order valence-corrected chi connectivity index (χ2v) is 7.59. The molecule has 1 N–H and O–H groups in total. The van der Waals surface area contributed by atoms with Crippen LogP contribution in [-0.4, -0.2) is 20.4 Å². The van der Waals surface area contributed by atoms with E-state index in [4.69, 9.17) is 0 Å². The highest BCUT2D eigenvalue weighted by atomic mass is 32.1. The van der Waals surface area contributed by atoms with Gasteiger partial charge in [0.1, 0.15) is 5.82 Å². The molecular formula is C22H20N4O2S. The molecule has 4 rings (SSSR count). The summed E-state index contributed by atoms with van der Waals surface area (Å²) in [6.07, 6.45) is 0.741. The minimum Gasteiger partial charge on any atom is -0.326 e. The lowest BCUT2D eigenvalue weighted by atomic mass is 10.2. The minimum absolute atomic E-state index is 0.140. The number of nitrogens with one attached hydrogen (secondary N) is 1. The smallest absolute Gasteiger partial charge is 0.267 e. The predicted octanol–water partition coefficient (Wildman–Crippen LogP) is 3.89. The SMILES string of the molecule is CCc1nc2ccccc2c(=O)n1-c1nc(CC(=O)Nc2ccc(C)cc2)cs1. The molecule has 0 unspecified atom stereocenters. The number of hydrogen-bond acceptors (Lipinski definition) is 5. The van der Waals surface area contributed by atoms with Crippen molar-refractivity contribution in [2.75, 3.05) is 5.32 Å². The summed E-state index contributed by atoms with van der Waals surface area (Å²) in [6, 6.07) is 14.9. The molecule has 4 aromatic rings. The Bertz CT molecular complexity index is 1240. The van der Waals surface area contributed by atoms with Gasteiger partial charge < -0.3 is 5.32 Å². The van der Waals surface area contributed by atoms with Crippen LogP contribution in [0.25, 0.3) is 16.0 Å². The Balaban J connectivity index is 1.60. The van der Waals surface area contributed by atoms with E-state index in [1.165, 1.54) is 11.3 Å². The molecular weight excluding hydrogens is 384 g/mol. The van der Waals surface area contributed by atoms with Crippen LogP contribution in [0.2, 0.25) is 0 Å². The molecule has 0 aliphatic heterocycles. The van der Waals surface area contributed by atoms with Crippen LogP contribution in [0, 0.1) is 6.92 Å². The van der Waals surface area contributed by atoms with Gasteiger partial charge in [0.25, 0.3) is 5.56 Å². The number of carbonyl (C=O) groups is 1. The average Bonchev–Trinajstić information content (AvgIpc) is 3.17. The standard InChI is InChI=1S/C22H20N4O2S/c1-3-19-25-18-7-5-4-6-17(18)21(28)26(19)22-24-16(13-29-22)12-20(27)23-15-10-8-14(2)9-11-15/h4-11,13H,3,12H2,1-2H3,(H,23,27). The number of aromatic nitrogens is 3. The van der Waals surface area contributed by atoms with Crippen LogP contribution in [0.1, 0.15) is 24.0 Å². The summed E-state index contributed by atoms with van der Waals surface area (Å²) >= 11 is 1.34. The van der Waals surface area contributed by atoms with E-state index in [1.54, 1.807) is 10.6 Å². The van der Waals surface area contributed by atoms with Crippen molar-refractivity contribution >= 4 is 33.8 Å². The Kier molecular flexibility index (Phi) is 5.22. The first-order chi connectivity index (χ1) is 14.0. The molecule has 2 heterocycles. The third kappa shape index (κ3) is 3.95. The summed E-state index contributed by atoms with van der Waals surface area (Å²) in [5.74, 6) is 0.504. The van der Waals surface area contributed by atoms with Gasteiger partial charge in [-0.2, -0.15) is 0 Å². The number of carbonyl (C=O) groups excluding carboxylic acids is 1. The maximum Gasteiger partial charge on any atom is 0.267 e. The van der Waals surface area contributed by atoms with Gasteiger partial charge in [0.15, 0.2) is 5.13 Å². The molecule has 2 aromatic carbocycles. The zero-order valence-electron chi connectivity index (χ0n) is 16.2. The van der Waals surface area contributed by atoms with Crippen molar-refractivity contribution in [1.29, 1.82) is 0 Å². The lowest BCUT2D eigenvalue weighted by Gasteiger charge is -2.09. The molecule has 7 heteroatoms. The third-order valence-electron chi connectivity index (χ3n) is 4.57. The summed E-state index contributed by atoms with van der Waals surface area (Å²) in [6.45, 7) is 3.95. The zero-order valence-corrected chi connectivity index (χ0v) is 17.0. The van der Waals surface area contributed by atoms with Crippen molar-refractivity contribution in [3.8, 4) is 5.13 Å². The predicted molar refractivity (Wildman–Crippen MR) is 116 cm³/mol. The van der Waals surface area contributed by atoms with E-state index in [0.29, 0.717) is 34.0 Å². The number of amides is 1. The van der Waals surface area contributed by atoms with Crippen LogP contribution in [0.15, 0.2) is 58.7 Å². The molecule has 146 valence electrons. The van der Waals surface area contributed by atoms with E-state index < -0.39 is 0 Å². The van der Waals surface area contributed by atoms with E-state index >= 15 is 0 Å². The second kappa shape index (κ2) is 7.97. The topological polar surface area (TPSA) is 76.9 Å². The van der Waals surface area contributed by atoms with Crippen LogP contribution in [-0.2, 0) is 17.6 Å². The van der Waals surface area contributed by atoms with Gasteiger partial charge in [-0.25, -0.2) is 14.5 Å². The fourth-order valence-electron chi connectivity index (χ4n) is 3.10. The molecule has 0 saturated carbocycles. The largest absolute Gasteiger partial charge is 0.326 e. The van der Waals surface area contributed by atoms with Gasteiger partial charge >= 0.3 is 0 Å². The Labute approximate surface area is 171 Å². The molecule has 0 spiro atoms. The van der Waals surface area contributed by atoms with Crippen molar-refractivity contribution < 1.29 is 4.79 Å². The number of hydrogen-bond donors (Lipinski definition) is 1. The Morgan fingerprint density at radius 1 is 1.10 bits per heavy atom. The first-order valence-electron chi connectivity index (χ1n) is 9.37. The fourth-order valence-corrected chi connectivity index (χ4v) is 3.94. The quantitative estimate of drug-likeness (QED) is 0.547. The minimum atomic E-state index is -0.148. The highest BCUT2D eigenvalue weighted by molar-refractivity contribution is 7.12. The Morgan fingerprint density at radius 3 is 2.62 bits per heavy atom. The van der Waals surface area contributed by atoms with E-state index in [-0.39, 0.29) is 17.9 Å². The van der Waals surface area contributed by atoms with Crippen LogP contribution in [0.5, 0.6) is 0 Å². The number of fused-ring (bicyclic) bond motifs is 1. The number of nitrogens with zero attached hydrogens (tertiary/aromatic N) is 3. The van der Waals surface area contributed by atoms with E-state index in [1.807, 2.05) is 61.7 Å². The normalized spacial score (nSPS) is 11.0. The molecule has 0 fully saturated rings. The molecule has 1 amide bonds. The number of para-hydroxylation sites is 1. The maximum atomic E-state index is 13.0. The van der Waals surface area contributed by atoms with Crippen molar-refractivity contribution in [3.05, 3.63) is 81.3 Å². The number of benzene rings is 2. The van der Waals surface area contributed by atoms with Crippen LogP contribution < -0.4 is 10.9 Å². The maximum absolute atomic E-state index is 13.0. The van der Waals surface area contributed by atoms with Gasteiger partial charge in [-0.3, -0.25) is 9.59 Å². The first-order valence-corrected chi connectivity index (χ1v) is 10.2. The zero-order chi connectivity index (χ0) is 20.4. The van der Waals surface area contributed by atoms with Gasteiger partial charge in [-0.05, 0) is 31.2 Å². The molecule has 0 aliphatic carbocycles. The summed E-state index contributed by atoms with van der Waals surface area (Å²) in [7, 11) is 0. The Hall–Kier alpha value is -3.32. The van der Waals surface area contributed by atoms with Gasteiger partial charge in [0.05, 0.1) is 23.0 Å². The van der Waals surface area contributed by atoms with E-state index in [9.17, 15) is 9.59 Å². The first kappa shape index (κ1) is 19.0. The molecule has 0 aliphatic rings. The molecule has 0 saturated heterocycles. The van der Waals surface area contributed by atoms with Crippen molar-refractivity contribution in [3.63, 3.8) is 0 Å². The Morgan fingerprint density at radius 2 is 1.86 bits per heavy atom. The van der Waals surface area contributed by atoms with Crippen molar-refractivity contribution in [1.82, 2.24) is 14.5 Å². The number of rotatable bonds is 5. The lowest BCUT2D eigenvalue weighted by molar-refractivity contribution is -0.115. The monoisotopic (exact) mass is 404 g/mol. The lowest BCUT2D eigenvalue weighted by Crippen LogP contribution is -2.23. The van der Waals surface area contributed by atoms with Gasteiger partial charge in [-0.15, -0.1) is 11.3 Å². The van der Waals surface area contributed by atoms with Crippen molar-refractivity contribution in [2.24, 2.45) is 0 Å². The second-order valence-electron chi connectivity index (χ2n) is 6.75. The summed E-state index contributed by atoms with van der Waals surface area (Å²) in [5.41, 5.74) is 3.04. The highest BCUT2D eigenvalue weighted by Crippen LogP contribution is 2.18. The van der Waals surface area contributed by atoms with Crippen molar-refractivity contribution in [2.45, 2.75) is 26.7 Å². The van der Waals surface area contributed by atoms with Crippen LogP contribution in [0.4, 0.5) is 5.69 Å². The number of aryl methyl sites for hydroxylation is 2. The van der Waals surface area contributed by atoms with E-state index in [2.05, 4.69) is 15.3 Å². The van der Waals surface area contributed by atoms with Crippen LogP contribution in [0.3, 0.4) is 0 Å².